The molecule has 0 unspecified atom stereocenters. The third kappa shape index (κ3) is 7.25. The fourth-order valence-corrected chi connectivity index (χ4v) is 2.34. The Kier molecular flexibility index (Phi) is 8.64. The zero-order chi connectivity index (χ0) is 27.2. The van der Waals surface area contributed by atoms with Crippen molar-refractivity contribution in [1.29, 1.82) is 0 Å². The molecule has 0 N–H and O–H groups in total. The number of benzene rings is 2. The van der Waals surface area contributed by atoms with E-state index in [1.807, 2.05) is 0 Å². The second-order valence-electron chi connectivity index (χ2n) is 6.53. The second-order valence-corrected chi connectivity index (χ2v) is 6.53. The molecule has 0 heterocycles. The predicted molar refractivity (Wildman–Crippen MR) is 115 cm³/mol. The van der Waals surface area contributed by atoms with E-state index in [1.165, 1.54) is 6.07 Å². The van der Waals surface area contributed by atoms with Gasteiger partial charge in [-0.05, 0) is 35.4 Å². The molecule has 0 aromatic heterocycles. The number of rotatable bonds is 9. The Morgan fingerprint density at radius 3 is 1.31 bits per heavy atom. The first-order chi connectivity index (χ1) is 16.8. The minimum Gasteiger partial charge on any atom is -0.421 e. The average Bonchev–Trinajstić information content (AvgIpc) is 2.79. The van der Waals surface area contributed by atoms with Gasteiger partial charge < -0.3 is 18.9 Å². The van der Waals surface area contributed by atoms with Gasteiger partial charge in [-0.3, -0.25) is 0 Å². The quantitative estimate of drug-likeness (QED) is 0.205. The molecule has 0 aliphatic carbocycles. The summed E-state index contributed by atoms with van der Waals surface area (Å²) in [6.07, 6.45) is 0. The fraction of sp³-hybridized carbons (Fsp3) is 0. The van der Waals surface area contributed by atoms with Gasteiger partial charge in [0.05, 0.1) is 0 Å². The maximum Gasteiger partial charge on any atom is 0.372 e. The number of carbonyl (C=O) groups excluding carboxylic acids is 4. The maximum atomic E-state index is 13.2. The van der Waals surface area contributed by atoms with Crippen LogP contribution in [0.4, 0.5) is 17.6 Å². The van der Waals surface area contributed by atoms with Gasteiger partial charge >= 0.3 is 23.9 Å². The molecule has 0 amide bonds. The lowest BCUT2D eigenvalue weighted by Gasteiger charge is -2.13. The zero-order valence-electron chi connectivity index (χ0n) is 18.1. The lowest BCUT2D eigenvalue weighted by molar-refractivity contribution is -0.134. The van der Waals surface area contributed by atoms with Gasteiger partial charge in [0.15, 0.2) is 11.5 Å². The van der Waals surface area contributed by atoms with E-state index in [-0.39, 0.29) is 11.1 Å². The van der Waals surface area contributed by atoms with Crippen LogP contribution in [0.3, 0.4) is 0 Å². The van der Waals surface area contributed by atoms with Gasteiger partial charge in [-0.1, -0.05) is 32.4 Å². The highest BCUT2D eigenvalue weighted by Gasteiger charge is 2.20. The summed E-state index contributed by atoms with van der Waals surface area (Å²) < 4.78 is 71.4. The summed E-state index contributed by atoms with van der Waals surface area (Å²) in [5, 5.41) is 0. The van der Waals surface area contributed by atoms with Crippen LogP contribution in [0.15, 0.2) is 86.0 Å². The lowest BCUT2D eigenvalue weighted by Crippen LogP contribution is -2.12. The van der Waals surface area contributed by atoms with Crippen LogP contribution in [0.25, 0.3) is 11.1 Å². The Morgan fingerprint density at radius 2 is 0.889 bits per heavy atom. The molecule has 0 radical (unpaired) electrons. The van der Waals surface area contributed by atoms with E-state index in [4.69, 9.17) is 18.9 Å². The molecule has 0 aliphatic rings. The van der Waals surface area contributed by atoms with Crippen LogP contribution in [0, 0.1) is 0 Å². The van der Waals surface area contributed by atoms with Gasteiger partial charge in [-0.25, -0.2) is 19.2 Å². The highest BCUT2D eigenvalue weighted by molar-refractivity contribution is 5.91. The summed E-state index contributed by atoms with van der Waals surface area (Å²) in [7, 11) is 0. The summed E-state index contributed by atoms with van der Waals surface area (Å²) in [4.78, 5) is 46.4. The van der Waals surface area contributed by atoms with Crippen molar-refractivity contribution in [3.63, 3.8) is 0 Å². The van der Waals surface area contributed by atoms with E-state index in [0.29, 0.717) is 0 Å². The minimum atomic E-state index is -1.58. The van der Waals surface area contributed by atoms with Crippen molar-refractivity contribution in [2.75, 3.05) is 0 Å². The van der Waals surface area contributed by atoms with Crippen LogP contribution in [-0.4, -0.2) is 23.9 Å². The number of esters is 4. The van der Waals surface area contributed by atoms with Gasteiger partial charge in [0.25, 0.3) is 0 Å². The van der Waals surface area contributed by atoms with Crippen molar-refractivity contribution >= 4 is 23.9 Å². The van der Waals surface area contributed by atoms with Crippen molar-refractivity contribution in [2.45, 2.75) is 0 Å². The highest BCUT2D eigenvalue weighted by Crippen LogP contribution is 2.37. The topological polar surface area (TPSA) is 105 Å². The lowest BCUT2D eigenvalue weighted by atomic mass is 10.0. The molecule has 0 fully saturated rings. The van der Waals surface area contributed by atoms with Gasteiger partial charge in [0.2, 0.25) is 23.3 Å². The van der Waals surface area contributed by atoms with E-state index in [1.54, 1.807) is 0 Å². The van der Waals surface area contributed by atoms with E-state index in [0.717, 1.165) is 30.3 Å². The first-order valence-corrected chi connectivity index (χ1v) is 9.34. The monoisotopic (exact) mass is 506 g/mol. The van der Waals surface area contributed by atoms with E-state index < -0.39 is 70.2 Å². The third-order valence-electron chi connectivity index (χ3n) is 3.87. The van der Waals surface area contributed by atoms with E-state index >= 15 is 0 Å². The average molecular weight is 506 g/mol. The molecule has 0 saturated heterocycles. The molecule has 12 heteroatoms. The third-order valence-corrected chi connectivity index (χ3v) is 3.87. The summed E-state index contributed by atoms with van der Waals surface area (Å²) in [5.41, 5.74) is 0.0654. The van der Waals surface area contributed by atoms with Crippen LogP contribution >= 0.6 is 0 Å². The smallest absolute Gasteiger partial charge is 0.372 e. The Labute approximate surface area is 200 Å². The summed E-state index contributed by atoms with van der Waals surface area (Å²) in [5.74, 6) is -14.0. The number of halogens is 4. The van der Waals surface area contributed by atoms with Crippen molar-refractivity contribution < 1.29 is 55.7 Å². The van der Waals surface area contributed by atoms with Gasteiger partial charge in [-0.2, -0.15) is 17.6 Å². The second kappa shape index (κ2) is 11.4. The number of hydrogen-bond acceptors (Lipinski definition) is 8. The van der Waals surface area contributed by atoms with Crippen molar-refractivity contribution in [2.24, 2.45) is 0 Å². The van der Waals surface area contributed by atoms with Gasteiger partial charge in [0, 0.05) is 6.07 Å². The first-order valence-electron chi connectivity index (χ1n) is 9.34. The van der Waals surface area contributed by atoms with Crippen molar-refractivity contribution in [3.8, 4) is 34.1 Å². The molecule has 0 aliphatic heterocycles. The SMILES string of the molecule is C=C(F)C(=O)Oc1cc(OC(=O)C(=C)F)cc(-c2ccc(OC(=O)C(=C)F)c(OC(=O)C(=C)F)c2)c1. The van der Waals surface area contributed by atoms with Crippen LogP contribution in [0.2, 0.25) is 0 Å². The fourth-order valence-electron chi connectivity index (χ4n) is 2.34. The largest absolute Gasteiger partial charge is 0.421 e. The molecule has 0 spiro atoms. The molecular formula is C24H14F4O8. The Bertz CT molecular complexity index is 1280. The number of carbonyl (C=O) groups is 4. The Balaban J connectivity index is 2.62. The highest BCUT2D eigenvalue weighted by atomic mass is 19.1. The van der Waals surface area contributed by atoms with Gasteiger partial charge in [0.1, 0.15) is 11.5 Å². The molecule has 2 aromatic carbocycles. The van der Waals surface area contributed by atoms with Gasteiger partial charge in [-0.15, -0.1) is 0 Å². The molecule has 186 valence electrons. The molecular weight excluding hydrogens is 492 g/mol. The zero-order valence-corrected chi connectivity index (χ0v) is 18.1. The van der Waals surface area contributed by atoms with Crippen molar-refractivity contribution in [3.05, 3.63) is 86.0 Å². The summed E-state index contributed by atoms with van der Waals surface area (Å²) in [6, 6.07) is 6.39. The normalized spacial score (nSPS) is 10.0. The summed E-state index contributed by atoms with van der Waals surface area (Å²) >= 11 is 0. The van der Waals surface area contributed by atoms with E-state index in [2.05, 4.69) is 26.3 Å². The van der Waals surface area contributed by atoms with Crippen LogP contribution in [0.1, 0.15) is 0 Å². The number of ether oxygens (including phenoxy) is 4. The maximum absolute atomic E-state index is 13.2. The molecule has 2 aromatic rings. The van der Waals surface area contributed by atoms with Crippen LogP contribution in [0.5, 0.6) is 23.0 Å². The molecule has 2 rings (SSSR count). The van der Waals surface area contributed by atoms with Crippen molar-refractivity contribution in [1.82, 2.24) is 0 Å². The molecule has 0 atom stereocenters. The first kappa shape index (κ1) is 27.2. The van der Waals surface area contributed by atoms with E-state index in [9.17, 15) is 36.7 Å². The molecule has 0 bridgehead atoms. The molecule has 0 saturated carbocycles. The predicted octanol–water partition coefficient (Wildman–Crippen LogP) is 4.91. The Hall–Kier alpha value is -5.00. The molecule has 8 nitrogen and oxygen atoms in total. The Morgan fingerprint density at radius 1 is 0.500 bits per heavy atom. The standard InChI is InChI=1S/C24H14F4O8/c1-11(25)21(29)33-17-7-16(8-18(10-17)34-22(30)12(2)26)15-5-6-19(35-23(31)13(3)27)20(9-15)36-24(32)14(4)28/h5-10H,1-4H2. The summed E-state index contributed by atoms with van der Waals surface area (Å²) in [6.45, 7) is 11.1. The van der Waals surface area contributed by atoms with Crippen LogP contribution in [-0.2, 0) is 19.2 Å². The molecule has 36 heavy (non-hydrogen) atoms. The minimum absolute atomic E-state index is 0.0150. The number of hydrogen-bond donors (Lipinski definition) is 0. The van der Waals surface area contributed by atoms with Crippen LogP contribution < -0.4 is 18.9 Å².